The zero-order chi connectivity index (χ0) is 32.6. The van der Waals surface area contributed by atoms with Gasteiger partial charge in [-0.2, -0.15) is 0 Å². The van der Waals surface area contributed by atoms with Crippen molar-refractivity contribution in [1.82, 2.24) is 9.88 Å². The van der Waals surface area contributed by atoms with Gasteiger partial charge in [0.2, 0.25) is 5.78 Å². The second-order valence-corrected chi connectivity index (χ2v) is 11.7. The Labute approximate surface area is 269 Å². The van der Waals surface area contributed by atoms with Crippen LogP contribution in [0.4, 0.5) is 10.5 Å². The van der Waals surface area contributed by atoms with Gasteiger partial charge < -0.3 is 19.2 Å². The second kappa shape index (κ2) is 18.9. The molecule has 2 heterocycles. The van der Waals surface area contributed by atoms with Gasteiger partial charge in [-0.1, -0.05) is 102 Å². The number of esters is 1. The Kier molecular flexibility index (Phi) is 15.0. The molecule has 3 rings (SSSR count). The topological polar surface area (TPSA) is 145 Å². The fraction of sp³-hybridized carbons (Fsp3) is 0.576. The molecule has 3 amide bonds. The lowest BCUT2D eigenvalue weighted by molar-refractivity contribution is -0.133. The molecule has 12 heteroatoms. The summed E-state index contributed by atoms with van der Waals surface area (Å²) in [7, 11) is 0. The number of cyclic esters (lactones) is 1. The third kappa shape index (κ3) is 11.0. The van der Waals surface area contributed by atoms with Gasteiger partial charge in [-0.25, -0.2) is 19.5 Å². The molecule has 1 aromatic carbocycles. The van der Waals surface area contributed by atoms with E-state index >= 15 is 0 Å². The molecule has 246 valence electrons. The van der Waals surface area contributed by atoms with Gasteiger partial charge in [0.05, 0.1) is 29.1 Å². The van der Waals surface area contributed by atoms with Gasteiger partial charge in [0.25, 0.3) is 11.8 Å². The molecule has 11 nitrogen and oxygen atoms in total. The minimum atomic E-state index is -1.96. The van der Waals surface area contributed by atoms with E-state index in [4.69, 9.17) is 25.5 Å². The minimum absolute atomic E-state index is 0.0176. The molecule has 45 heavy (non-hydrogen) atoms. The lowest BCUT2D eigenvalue weighted by Crippen LogP contribution is -2.52. The molecule has 0 spiro atoms. The van der Waals surface area contributed by atoms with Crippen LogP contribution in [0.25, 0.3) is 0 Å². The molecule has 0 saturated carbocycles. The van der Waals surface area contributed by atoms with Crippen molar-refractivity contribution >= 4 is 46.9 Å². The lowest BCUT2D eigenvalue weighted by Gasteiger charge is -2.21. The van der Waals surface area contributed by atoms with Crippen molar-refractivity contribution in [3.63, 3.8) is 0 Å². The first-order chi connectivity index (χ1) is 21.7. The molecular formula is C33H44ClN3O8. The third-order valence-corrected chi connectivity index (χ3v) is 8.01. The summed E-state index contributed by atoms with van der Waals surface area (Å²) in [6.07, 6.45) is 16.8. The number of amides is 3. The molecule has 2 aromatic rings. The van der Waals surface area contributed by atoms with Crippen molar-refractivity contribution in [3.8, 4) is 0 Å². The van der Waals surface area contributed by atoms with Crippen molar-refractivity contribution in [1.29, 1.82) is 0 Å². The fourth-order valence-electron chi connectivity index (χ4n) is 5.10. The standard InChI is InChI=1S/C33H44ClN3O8/c1-3-4-5-6-7-8-9-10-11-12-13-14-15-16-19-43-32(41)24-17-18-25(34)26(20-24)36-30(39)28(29(38)27-21-35-22-44-27)37-31(40)23(2)45-33(37)42/h17-18,20-23,28H,3-16,19H2,1-2H3,(H,36,39). The molecule has 1 fully saturated rings. The number of benzene rings is 1. The lowest BCUT2D eigenvalue weighted by atomic mass is 10.0. The van der Waals surface area contributed by atoms with E-state index in [1.807, 2.05) is 0 Å². The van der Waals surface area contributed by atoms with Crippen LogP contribution in [-0.2, 0) is 19.1 Å². The number of hydrogen-bond acceptors (Lipinski definition) is 9. The highest BCUT2D eigenvalue weighted by Crippen LogP contribution is 2.26. The van der Waals surface area contributed by atoms with Crippen LogP contribution in [0.5, 0.6) is 0 Å². The number of imide groups is 1. The van der Waals surface area contributed by atoms with Gasteiger partial charge in [-0.3, -0.25) is 14.4 Å². The van der Waals surface area contributed by atoms with Crippen molar-refractivity contribution in [2.75, 3.05) is 11.9 Å². The number of nitrogens with zero attached hydrogens (tertiary/aromatic N) is 2. The van der Waals surface area contributed by atoms with Gasteiger partial charge in [0.15, 0.2) is 24.3 Å². The van der Waals surface area contributed by atoms with Gasteiger partial charge in [0.1, 0.15) is 0 Å². The molecule has 1 aliphatic heterocycles. The smallest absolute Gasteiger partial charge is 0.418 e. The van der Waals surface area contributed by atoms with Crippen molar-refractivity contribution in [2.45, 2.75) is 116 Å². The number of ether oxygens (including phenoxy) is 2. The van der Waals surface area contributed by atoms with Crippen LogP contribution < -0.4 is 5.32 Å². The normalized spacial score (nSPS) is 15.2. The van der Waals surface area contributed by atoms with Crippen LogP contribution in [0, 0.1) is 0 Å². The molecule has 2 unspecified atom stereocenters. The van der Waals surface area contributed by atoms with E-state index in [0.717, 1.165) is 31.9 Å². The van der Waals surface area contributed by atoms with E-state index in [0.29, 0.717) is 4.90 Å². The molecule has 1 aliphatic rings. The molecular weight excluding hydrogens is 602 g/mol. The Hall–Kier alpha value is -3.73. The van der Waals surface area contributed by atoms with Gasteiger partial charge in [0, 0.05) is 0 Å². The summed E-state index contributed by atoms with van der Waals surface area (Å²) in [5.74, 6) is -3.88. The highest BCUT2D eigenvalue weighted by molar-refractivity contribution is 6.34. The fourth-order valence-corrected chi connectivity index (χ4v) is 5.26. The van der Waals surface area contributed by atoms with E-state index in [2.05, 4.69) is 17.2 Å². The summed E-state index contributed by atoms with van der Waals surface area (Å²) in [6.45, 7) is 3.82. The van der Waals surface area contributed by atoms with Crippen LogP contribution in [-0.4, -0.2) is 58.3 Å². The largest absolute Gasteiger partial charge is 0.462 e. The Morgan fingerprint density at radius 3 is 2.09 bits per heavy atom. The Balaban J connectivity index is 1.44. The molecule has 0 radical (unpaired) electrons. The first kappa shape index (κ1) is 35.7. The number of carbonyl (C=O) groups is 5. The van der Waals surface area contributed by atoms with E-state index in [1.54, 1.807) is 0 Å². The molecule has 1 saturated heterocycles. The van der Waals surface area contributed by atoms with Crippen LogP contribution in [0.15, 0.2) is 35.2 Å². The zero-order valence-electron chi connectivity index (χ0n) is 26.2. The van der Waals surface area contributed by atoms with Crippen LogP contribution >= 0.6 is 11.6 Å². The van der Waals surface area contributed by atoms with E-state index in [1.165, 1.54) is 95.8 Å². The number of carbonyl (C=O) groups excluding carboxylic acids is 5. The van der Waals surface area contributed by atoms with E-state index in [-0.39, 0.29) is 28.6 Å². The summed E-state index contributed by atoms with van der Waals surface area (Å²) in [4.78, 5) is 68.2. The number of aromatic nitrogens is 1. The first-order valence-corrected chi connectivity index (χ1v) is 16.4. The number of anilines is 1. The Morgan fingerprint density at radius 2 is 1.56 bits per heavy atom. The summed E-state index contributed by atoms with van der Waals surface area (Å²) in [5, 5.41) is 2.50. The predicted octanol–water partition coefficient (Wildman–Crippen LogP) is 7.52. The third-order valence-electron chi connectivity index (χ3n) is 7.68. The Morgan fingerprint density at radius 1 is 0.956 bits per heavy atom. The molecule has 0 aliphatic carbocycles. The highest BCUT2D eigenvalue weighted by Gasteiger charge is 2.49. The number of hydrogen-bond donors (Lipinski definition) is 1. The zero-order valence-corrected chi connectivity index (χ0v) is 26.9. The van der Waals surface area contributed by atoms with Crippen molar-refractivity contribution in [2.24, 2.45) is 0 Å². The minimum Gasteiger partial charge on any atom is -0.462 e. The highest BCUT2D eigenvalue weighted by atomic mass is 35.5. The average Bonchev–Trinajstić information content (AvgIpc) is 3.65. The molecule has 1 N–H and O–H groups in total. The second-order valence-electron chi connectivity index (χ2n) is 11.3. The van der Waals surface area contributed by atoms with Crippen LogP contribution in [0.1, 0.15) is 125 Å². The van der Waals surface area contributed by atoms with Crippen LogP contribution in [0.3, 0.4) is 0 Å². The number of Topliss-reactive ketones (excluding diaryl/α,β-unsaturated/α-hetero) is 1. The first-order valence-electron chi connectivity index (χ1n) is 16.0. The number of unbranched alkanes of at least 4 members (excludes halogenated alkanes) is 13. The Bertz CT molecular complexity index is 1280. The number of rotatable bonds is 21. The average molecular weight is 646 g/mol. The van der Waals surface area contributed by atoms with Gasteiger partial charge >= 0.3 is 12.1 Å². The number of nitrogens with one attached hydrogen (secondary N) is 1. The maximum Gasteiger partial charge on any atom is 0.418 e. The van der Waals surface area contributed by atoms with Crippen molar-refractivity contribution in [3.05, 3.63) is 47.1 Å². The maximum absolute atomic E-state index is 13.3. The van der Waals surface area contributed by atoms with Crippen LogP contribution in [0.2, 0.25) is 5.02 Å². The summed E-state index contributed by atoms with van der Waals surface area (Å²) in [6, 6.07) is 2.18. The predicted molar refractivity (Wildman–Crippen MR) is 168 cm³/mol. The van der Waals surface area contributed by atoms with E-state index < -0.39 is 41.8 Å². The summed E-state index contributed by atoms with van der Waals surface area (Å²) >= 11 is 6.26. The summed E-state index contributed by atoms with van der Waals surface area (Å²) in [5.41, 5.74) is 0.111. The molecule has 0 bridgehead atoms. The van der Waals surface area contributed by atoms with Gasteiger partial charge in [-0.15, -0.1) is 0 Å². The quantitative estimate of drug-likeness (QED) is 0.0630. The van der Waals surface area contributed by atoms with Gasteiger partial charge in [-0.05, 0) is 31.5 Å². The number of halogens is 1. The van der Waals surface area contributed by atoms with Crippen molar-refractivity contribution < 1.29 is 37.9 Å². The summed E-state index contributed by atoms with van der Waals surface area (Å²) < 4.78 is 15.3. The number of ketones is 1. The monoisotopic (exact) mass is 645 g/mol. The SMILES string of the molecule is CCCCCCCCCCCCCCCCOC(=O)c1ccc(Cl)c(NC(=O)C(C(=O)c2cnco2)N2C(=O)OC(C)C2=O)c1. The molecule has 1 aromatic heterocycles. The number of oxazole rings is 1. The van der Waals surface area contributed by atoms with E-state index in [9.17, 15) is 24.0 Å². The maximum atomic E-state index is 13.3. The molecule has 2 atom stereocenters.